The summed E-state index contributed by atoms with van der Waals surface area (Å²) in [6, 6.07) is 8.65. The van der Waals surface area contributed by atoms with Crippen LogP contribution in [-0.4, -0.2) is 61.0 Å². The molecule has 3 rings (SSSR count). The van der Waals surface area contributed by atoms with Gasteiger partial charge in [-0.25, -0.2) is 0 Å². The Bertz CT molecular complexity index is 855. The quantitative estimate of drug-likeness (QED) is 0.849. The third-order valence-electron chi connectivity index (χ3n) is 5.00. The van der Waals surface area contributed by atoms with Gasteiger partial charge in [-0.3, -0.25) is 9.78 Å². The Kier molecular flexibility index (Phi) is 6.16. The number of carbonyl (C=O) groups excluding carboxylic acids is 1. The maximum absolute atomic E-state index is 13.3. The van der Waals surface area contributed by atoms with Crippen LogP contribution in [0.4, 0.5) is 0 Å². The number of hydrogen-bond acceptors (Lipinski definition) is 6. The van der Waals surface area contributed by atoms with Gasteiger partial charge in [0, 0.05) is 12.2 Å². The van der Waals surface area contributed by atoms with E-state index in [1.54, 1.807) is 31.3 Å². The van der Waals surface area contributed by atoms with Crippen LogP contribution in [0.3, 0.4) is 0 Å². The predicted octanol–water partition coefficient (Wildman–Crippen LogP) is 2.29. The fourth-order valence-corrected chi connectivity index (χ4v) is 3.61. The molecule has 0 aliphatic carbocycles. The van der Waals surface area contributed by atoms with Crippen molar-refractivity contribution in [2.75, 3.05) is 34.0 Å². The minimum Gasteiger partial charge on any atom is -0.493 e. The SMILES string of the molecule is COc1ccc([C@@H]2[C@@H](CO)OCCN2C(=O)c2ccc(C)nc2C)cc1OC. The molecule has 1 aromatic heterocycles. The highest BCUT2D eigenvalue weighted by Crippen LogP contribution is 2.36. The molecule has 1 aromatic carbocycles. The molecular formula is C21H26N2O5. The zero-order valence-corrected chi connectivity index (χ0v) is 16.6. The second kappa shape index (κ2) is 8.58. The molecule has 0 unspecified atom stereocenters. The number of morpholine rings is 1. The molecule has 0 saturated carbocycles. The molecule has 2 atom stereocenters. The fraction of sp³-hybridized carbons (Fsp3) is 0.429. The number of rotatable bonds is 5. The van der Waals surface area contributed by atoms with E-state index in [0.29, 0.717) is 35.9 Å². The van der Waals surface area contributed by atoms with E-state index in [1.165, 1.54) is 0 Å². The molecule has 1 saturated heterocycles. The van der Waals surface area contributed by atoms with Crippen molar-refractivity contribution in [1.82, 2.24) is 9.88 Å². The Labute approximate surface area is 164 Å². The van der Waals surface area contributed by atoms with E-state index in [0.717, 1.165) is 11.3 Å². The van der Waals surface area contributed by atoms with Crippen LogP contribution in [0.25, 0.3) is 0 Å². The van der Waals surface area contributed by atoms with Gasteiger partial charge in [-0.15, -0.1) is 0 Å². The topological polar surface area (TPSA) is 81.1 Å². The van der Waals surface area contributed by atoms with Crippen LogP contribution < -0.4 is 9.47 Å². The van der Waals surface area contributed by atoms with Gasteiger partial charge >= 0.3 is 0 Å². The van der Waals surface area contributed by atoms with Gasteiger partial charge < -0.3 is 24.2 Å². The number of carbonyl (C=O) groups is 1. The third-order valence-corrected chi connectivity index (χ3v) is 5.00. The molecule has 0 bridgehead atoms. The Balaban J connectivity index is 2.02. The first-order valence-electron chi connectivity index (χ1n) is 9.19. The van der Waals surface area contributed by atoms with Crippen LogP contribution >= 0.6 is 0 Å². The van der Waals surface area contributed by atoms with Crippen LogP contribution in [-0.2, 0) is 4.74 Å². The first-order valence-corrected chi connectivity index (χ1v) is 9.19. The van der Waals surface area contributed by atoms with Crippen LogP contribution in [0.15, 0.2) is 30.3 Å². The molecule has 2 heterocycles. The number of ether oxygens (including phenoxy) is 3. The summed E-state index contributed by atoms with van der Waals surface area (Å²) in [6.07, 6.45) is -0.533. The van der Waals surface area contributed by atoms with Crippen molar-refractivity contribution in [2.24, 2.45) is 0 Å². The molecule has 1 fully saturated rings. The Hall–Kier alpha value is -2.64. The molecule has 0 spiro atoms. The van der Waals surface area contributed by atoms with E-state index >= 15 is 0 Å². The van der Waals surface area contributed by atoms with E-state index in [-0.39, 0.29) is 12.5 Å². The molecule has 1 aliphatic rings. The zero-order valence-electron chi connectivity index (χ0n) is 16.6. The second-order valence-corrected chi connectivity index (χ2v) is 6.74. The van der Waals surface area contributed by atoms with Crippen LogP contribution in [0.5, 0.6) is 11.5 Å². The van der Waals surface area contributed by atoms with Crippen molar-refractivity contribution >= 4 is 5.91 Å². The number of aryl methyl sites for hydroxylation is 2. The van der Waals surface area contributed by atoms with Gasteiger partial charge in [0.05, 0.1) is 44.7 Å². The Morgan fingerprint density at radius 1 is 1.21 bits per heavy atom. The fourth-order valence-electron chi connectivity index (χ4n) is 3.61. The molecule has 1 amide bonds. The van der Waals surface area contributed by atoms with Crippen molar-refractivity contribution in [3.05, 3.63) is 52.8 Å². The summed E-state index contributed by atoms with van der Waals surface area (Å²) >= 11 is 0. The van der Waals surface area contributed by atoms with Gasteiger partial charge in [0.2, 0.25) is 0 Å². The monoisotopic (exact) mass is 386 g/mol. The summed E-state index contributed by atoms with van der Waals surface area (Å²) in [6.45, 7) is 4.30. The van der Waals surface area contributed by atoms with Crippen molar-refractivity contribution in [2.45, 2.75) is 26.0 Å². The molecular weight excluding hydrogens is 360 g/mol. The molecule has 0 radical (unpaired) electrons. The van der Waals surface area contributed by atoms with Gasteiger partial charge in [0.15, 0.2) is 11.5 Å². The van der Waals surface area contributed by atoms with Crippen molar-refractivity contribution in [3.63, 3.8) is 0 Å². The van der Waals surface area contributed by atoms with E-state index in [4.69, 9.17) is 14.2 Å². The number of benzene rings is 1. The number of aliphatic hydroxyl groups excluding tert-OH is 1. The largest absolute Gasteiger partial charge is 0.493 e. The number of aromatic nitrogens is 1. The smallest absolute Gasteiger partial charge is 0.256 e. The van der Waals surface area contributed by atoms with Gasteiger partial charge in [0.25, 0.3) is 5.91 Å². The highest BCUT2D eigenvalue weighted by atomic mass is 16.5. The molecule has 1 aliphatic heterocycles. The number of aliphatic hydroxyl groups is 1. The zero-order chi connectivity index (χ0) is 20.3. The standard InChI is InChI=1S/C21H26N2O5/c1-13-5-7-16(14(2)22-13)21(25)23-9-10-28-19(12-24)20(23)15-6-8-17(26-3)18(11-15)27-4/h5-8,11,19-20,24H,9-10,12H2,1-4H3/t19-,20-/m1/s1. The van der Waals surface area contributed by atoms with Crippen molar-refractivity contribution in [1.29, 1.82) is 0 Å². The van der Waals surface area contributed by atoms with Crippen LogP contribution in [0.1, 0.15) is 33.4 Å². The summed E-state index contributed by atoms with van der Waals surface area (Å²) in [7, 11) is 3.13. The average Bonchev–Trinajstić information content (AvgIpc) is 2.72. The lowest BCUT2D eigenvalue weighted by Gasteiger charge is -2.41. The maximum atomic E-state index is 13.3. The normalized spacial score (nSPS) is 19.4. The Morgan fingerprint density at radius 2 is 1.96 bits per heavy atom. The van der Waals surface area contributed by atoms with E-state index in [9.17, 15) is 9.90 Å². The number of methoxy groups -OCH3 is 2. The van der Waals surface area contributed by atoms with Crippen LogP contribution in [0.2, 0.25) is 0 Å². The molecule has 1 N–H and O–H groups in total. The summed E-state index contributed by atoms with van der Waals surface area (Å²) in [4.78, 5) is 19.5. The molecule has 2 aromatic rings. The summed E-state index contributed by atoms with van der Waals surface area (Å²) in [5.41, 5.74) is 2.90. The average molecular weight is 386 g/mol. The van der Waals surface area contributed by atoms with Gasteiger partial charge in [-0.05, 0) is 43.7 Å². The molecule has 7 heteroatoms. The molecule has 28 heavy (non-hydrogen) atoms. The summed E-state index contributed by atoms with van der Waals surface area (Å²) in [5.74, 6) is 1.02. The first kappa shape index (κ1) is 20.1. The first-order chi connectivity index (χ1) is 13.5. The van der Waals surface area contributed by atoms with Crippen molar-refractivity contribution < 1.29 is 24.1 Å². The molecule has 150 valence electrons. The maximum Gasteiger partial charge on any atom is 0.256 e. The van der Waals surface area contributed by atoms with Gasteiger partial charge in [-0.2, -0.15) is 0 Å². The lowest BCUT2D eigenvalue weighted by Crippen LogP contribution is -2.49. The van der Waals surface area contributed by atoms with E-state index in [1.807, 2.05) is 32.0 Å². The summed E-state index contributed by atoms with van der Waals surface area (Å²) < 4.78 is 16.5. The van der Waals surface area contributed by atoms with Gasteiger partial charge in [0.1, 0.15) is 6.10 Å². The minimum absolute atomic E-state index is 0.133. The van der Waals surface area contributed by atoms with Crippen LogP contribution in [0, 0.1) is 13.8 Å². The highest BCUT2D eigenvalue weighted by molar-refractivity contribution is 5.95. The number of pyridine rings is 1. The number of nitrogens with zero attached hydrogens (tertiary/aromatic N) is 2. The van der Waals surface area contributed by atoms with Crippen molar-refractivity contribution in [3.8, 4) is 11.5 Å². The lowest BCUT2D eigenvalue weighted by molar-refractivity contribution is -0.0812. The third kappa shape index (κ3) is 3.81. The molecule has 7 nitrogen and oxygen atoms in total. The van der Waals surface area contributed by atoms with E-state index in [2.05, 4.69) is 4.98 Å². The predicted molar refractivity (Wildman–Crippen MR) is 104 cm³/mol. The van der Waals surface area contributed by atoms with Gasteiger partial charge in [-0.1, -0.05) is 6.07 Å². The number of hydrogen-bond donors (Lipinski definition) is 1. The Morgan fingerprint density at radius 3 is 2.61 bits per heavy atom. The highest BCUT2D eigenvalue weighted by Gasteiger charge is 2.37. The summed E-state index contributed by atoms with van der Waals surface area (Å²) in [5, 5.41) is 9.88. The minimum atomic E-state index is -0.533. The second-order valence-electron chi connectivity index (χ2n) is 6.74. The van der Waals surface area contributed by atoms with E-state index < -0.39 is 12.1 Å². The number of amides is 1. The lowest BCUT2D eigenvalue weighted by atomic mass is 9.96.